The van der Waals surface area contributed by atoms with Crippen molar-refractivity contribution in [3.05, 3.63) is 88.1 Å². The molecule has 0 fully saturated rings. The lowest BCUT2D eigenvalue weighted by molar-refractivity contribution is -0.118. The van der Waals surface area contributed by atoms with Crippen LogP contribution < -0.4 is 20.2 Å². The molecule has 0 saturated carbocycles. The van der Waals surface area contributed by atoms with Gasteiger partial charge in [0.25, 0.3) is 5.91 Å². The summed E-state index contributed by atoms with van der Waals surface area (Å²) in [5.74, 6) is -0.224. The fourth-order valence-corrected chi connectivity index (χ4v) is 3.72. The predicted molar refractivity (Wildman–Crippen MR) is 139 cm³/mol. The highest BCUT2D eigenvalue weighted by Crippen LogP contribution is 2.36. The number of para-hydroxylation sites is 1. The summed E-state index contributed by atoms with van der Waals surface area (Å²) in [4.78, 5) is 24.6. The van der Waals surface area contributed by atoms with Crippen molar-refractivity contribution in [2.24, 2.45) is 5.10 Å². The quantitative estimate of drug-likeness (QED) is 0.208. The van der Waals surface area contributed by atoms with Crippen LogP contribution in [0.25, 0.3) is 11.0 Å². The first-order valence-electron chi connectivity index (χ1n) is 10.9. The summed E-state index contributed by atoms with van der Waals surface area (Å²) in [6.07, 6.45) is 1.40. The Hall–Kier alpha value is -4.01. The number of carbonyl (C=O) groups excluding carboxylic acids is 2. The third-order valence-corrected chi connectivity index (χ3v) is 5.33. The highest BCUT2D eigenvalue weighted by atomic mass is 35.5. The largest absolute Gasteiger partial charge is 0.490 e. The van der Waals surface area contributed by atoms with Gasteiger partial charge in [0.05, 0.1) is 17.8 Å². The van der Waals surface area contributed by atoms with Crippen LogP contribution in [0, 0.1) is 0 Å². The average Bonchev–Trinajstić information content (AvgIpc) is 3.28. The summed E-state index contributed by atoms with van der Waals surface area (Å²) < 4.78 is 16.8. The Balaban J connectivity index is 1.41. The standard InChI is InChI=1S/C26H21Cl2N3O5/c1-2-34-22-11-16(10-20(28)25(22)35-15-24(32)30-19-6-4-3-5-7-19)14-29-31-26(33)23-13-17-12-18(27)8-9-21(17)36-23/h3-14H,2,15H2,1H3,(H,30,32)(H,31,33)/b29-14+. The van der Waals surface area contributed by atoms with Crippen LogP contribution in [-0.2, 0) is 4.79 Å². The molecule has 4 rings (SSSR count). The number of halogens is 2. The average molecular weight is 526 g/mol. The van der Waals surface area contributed by atoms with Gasteiger partial charge in [0, 0.05) is 16.1 Å². The van der Waals surface area contributed by atoms with Crippen molar-refractivity contribution in [1.29, 1.82) is 0 Å². The second kappa shape index (κ2) is 11.6. The summed E-state index contributed by atoms with van der Waals surface area (Å²) in [6, 6.07) is 18.9. The van der Waals surface area contributed by atoms with Crippen LogP contribution >= 0.6 is 23.2 Å². The molecule has 1 heterocycles. The fourth-order valence-electron chi connectivity index (χ4n) is 3.27. The molecule has 0 aliphatic heterocycles. The summed E-state index contributed by atoms with van der Waals surface area (Å²) in [7, 11) is 0. The van der Waals surface area contributed by atoms with Gasteiger partial charge in [0.2, 0.25) is 0 Å². The van der Waals surface area contributed by atoms with E-state index in [0.717, 1.165) is 0 Å². The second-order valence-corrected chi connectivity index (χ2v) is 8.30. The van der Waals surface area contributed by atoms with Gasteiger partial charge in [-0.25, -0.2) is 5.43 Å². The molecule has 4 aromatic rings. The van der Waals surface area contributed by atoms with Crippen LogP contribution in [0.4, 0.5) is 5.69 Å². The molecule has 0 atom stereocenters. The summed E-state index contributed by atoms with van der Waals surface area (Å²) in [5, 5.41) is 8.17. The SMILES string of the molecule is CCOc1cc(/C=N/NC(=O)c2cc3cc(Cl)ccc3o2)cc(Cl)c1OCC(=O)Nc1ccccc1. The van der Waals surface area contributed by atoms with Gasteiger partial charge in [-0.3, -0.25) is 9.59 Å². The number of ether oxygens (including phenoxy) is 2. The number of fused-ring (bicyclic) bond motifs is 1. The number of carbonyl (C=O) groups is 2. The maximum absolute atomic E-state index is 12.4. The first-order chi connectivity index (χ1) is 17.4. The molecule has 0 unspecified atom stereocenters. The number of hydrogen-bond donors (Lipinski definition) is 2. The number of hydrogen-bond acceptors (Lipinski definition) is 6. The minimum Gasteiger partial charge on any atom is -0.490 e. The number of amides is 2. The smallest absolute Gasteiger partial charge is 0.307 e. The van der Waals surface area contributed by atoms with E-state index >= 15 is 0 Å². The predicted octanol–water partition coefficient (Wildman–Crippen LogP) is 5.92. The van der Waals surface area contributed by atoms with Gasteiger partial charge in [-0.2, -0.15) is 5.10 Å². The normalized spacial score (nSPS) is 11.0. The Kier molecular flexibility index (Phi) is 8.10. The lowest BCUT2D eigenvalue weighted by atomic mass is 10.2. The van der Waals surface area contributed by atoms with Crippen molar-refractivity contribution in [2.45, 2.75) is 6.92 Å². The molecule has 2 N–H and O–H groups in total. The minimum atomic E-state index is -0.529. The van der Waals surface area contributed by atoms with Crippen LogP contribution in [0.2, 0.25) is 10.0 Å². The van der Waals surface area contributed by atoms with E-state index in [0.29, 0.717) is 39.6 Å². The molecule has 0 radical (unpaired) electrons. The first kappa shape index (κ1) is 25.1. The van der Waals surface area contributed by atoms with E-state index < -0.39 is 5.91 Å². The highest BCUT2D eigenvalue weighted by molar-refractivity contribution is 6.32. The first-order valence-corrected chi connectivity index (χ1v) is 11.6. The number of nitrogens with one attached hydrogen (secondary N) is 2. The maximum atomic E-state index is 12.4. The van der Waals surface area contributed by atoms with E-state index in [4.69, 9.17) is 37.1 Å². The molecule has 8 nitrogen and oxygen atoms in total. The van der Waals surface area contributed by atoms with Crippen LogP contribution in [0.1, 0.15) is 23.0 Å². The fraction of sp³-hybridized carbons (Fsp3) is 0.115. The van der Waals surface area contributed by atoms with E-state index in [1.165, 1.54) is 6.21 Å². The Labute approximate surface area is 216 Å². The lowest BCUT2D eigenvalue weighted by Crippen LogP contribution is -2.20. The molecule has 1 aromatic heterocycles. The third kappa shape index (κ3) is 6.35. The summed E-state index contributed by atoms with van der Waals surface area (Å²) >= 11 is 12.4. The molecule has 0 aliphatic rings. The monoisotopic (exact) mass is 525 g/mol. The summed E-state index contributed by atoms with van der Waals surface area (Å²) in [5.41, 5.74) is 4.14. The Morgan fingerprint density at radius 3 is 2.61 bits per heavy atom. The zero-order valence-corrected chi connectivity index (χ0v) is 20.6. The van der Waals surface area contributed by atoms with Gasteiger partial charge in [0.15, 0.2) is 23.9 Å². The number of rotatable bonds is 9. The van der Waals surface area contributed by atoms with E-state index in [1.807, 2.05) is 18.2 Å². The van der Waals surface area contributed by atoms with Gasteiger partial charge in [0.1, 0.15) is 5.58 Å². The Bertz CT molecular complexity index is 1420. The highest BCUT2D eigenvalue weighted by Gasteiger charge is 2.15. The molecule has 0 aliphatic carbocycles. The van der Waals surface area contributed by atoms with E-state index in [2.05, 4.69) is 15.8 Å². The third-order valence-electron chi connectivity index (χ3n) is 4.82. The van der Waals surface area contributed by atoms with Crippen LogP contribution in [0.3, 0.4) is 0 Å². The van der Waals surface area contributed by atoms with Crippen molar-refractivity contribution in [3.8, 4) is 11.5 Å². The number of benzene rings is 3. The molecule has 184 valence electrons. The van der Waals surface area contributed by atoms with E-state index in [1.54, 1.807) is 55.5 Å². The molecule has 2 amide bonds. The van der Waals surface area contributed by atoms with Gasteiger partial charge < -0.3 is 19.2 Å². The van der Waals surface area contributed by atoms with E-state index in [-0.39, 0.29) is 29.0 Å². The molecule has 0 saturated heterocycles. The van der Waals surface area contributed by atoms with Crippen molar-refractivity contribution in [1.82, 2.24) is 5.43 Å². The Morgan fingerprint density at radius 1 is 1.03 bits per heavy atom. The molecular formula is C26H21Cl2N3O5. The van der Waals surface area contributed by atoms with Crippen molar-refractivity contribution in [3.63, 3.8) is 0 Å². The molecule has 36 heavy (non-hydrogen) atoms. The maximum Gasteiger partial charge on any atom is 0.307 e. The van der Waals surface area contributed by atoms with Crippen LogP contribution in [0.15, 0.2) is 76.2 Å². The number of furan rings is 1. The lowest BCUT2D eigenvalue weighted by Gasteiger charge is -2.14. The van der Waals surface area contributed by atoms with Crippen molar-refractivity contribution < 1.29 is 23.5 Å². The van der Waals surface area contributed by atoms with Gasteiger partial charge in [-0.05, 0) is 61.0 Å². The van der Waals surface area contributed by atoms with Gasteiger partial charge in [-0.1, -0.05) is 41.4 Å². The van der Waals surface area contributed by atoms with Gasteiger partial charge in [-0.15, -0.1) is 0 Å². The minimum absolute atomic E-state index is 0.0926. The van der Waals surface area contributed by atoms with Crippen molar-refractivity contribution >= 4 is 57.9 Å². The molecular weight excluding hydrogens is 505 g/mol. The molecule has 0 bridgehead atoms. The number of hydrazone groups is 1. The van der Waals surface area contributed by atoms with Crippen molar-refractivity contribution in [2.75, 3.05) is 18.5 Å². The van der Waals surface area contributed by atoms with Gasteiger partial charge >= 0.3 is 5.91 Å². The molecule has 0 spiro atoms. The number of anilines is 1. The second-order valence-electron chi connectivity index (χ2n) is 7.46. The zero-order valence-electron chi connectivity index (χ0n) is 19.1. The molecule has 10 heteroatoms. The Morgan fingerprint density at radius 2 is 1.83 bits per heavy atom. The van der Waals surface area contributed by atoms with E-state index in [9.17, 15) is 9.59 Å². The summed E-state index contributed by atoms with van der Waals surface area (Å²) in [6.45, 7) is 1.89. The topological polar surface area (TPSA) is 102 Å². The number of nitrogens with zero attached hydrogens (tertiary/aromatic N) is 1. The zero-order chi connectivity index (χ0) is 25.5. The molecule has 3 aromatic carbocycles. The van der Waals surface area contributed by atoms with Crippen LogP contribution in [0.5, 0.6) is 11.5 Å². The van der Waals surface area contributed by atoms with Crippen LogP contribution in [-0.4, -0.2) is 31.2 Å².